The minimum absolute atomic E-state index is 0.0507. The Morgan fingerprint density at radius 1 is 1.28 bits per heavy atom. The second-order valence-electron chi connectivity index (χ2n) is 7.11. The van der Waals surface area contributed by atoms with E-state index in [-0.39, 0.29) is 24.2 Å². The maximum absolute atomic E-state index is 12.2. The van der Waals surface area contributed by atoms with Gasteiger partial charge in [0.1, 0.15) is 5.78 Å². The lowest BCUT2D eigenvalue weighted by atomic mass is 9.71. The van der Waals surface area contributed by atoms with Gasteiger partial charge in [0.05, 0.1) is 13.0 Å². The lowest BCUT2D eigenvalue weighted by molar-refractivity contribution is -0.143. The highest BCUT2D eigenvalue weighted by Gasteiger charge is 2.43. The molecule has 1 heterocycles. The van der Waals surface area contributed by atoms with Crippen molar-refractivity contribution in [2.24, 2.45) is 11.3 Å². The van der Waals surface area contributed by atoms with Gasteiger partial charge in [-0.25, -0.2) is 9.69 Å². The van der Waals surface area contributed by atoms with Gasteiger partial charge in [0.25, 0.3) is 0 Å². The third-order valence-corrected chi connectivity index (χ3v) is 4.78. The first-order valence-corrected chi connectivity index (χ1v) is 8.49. The molecule has 25 heavy (non-hydrogen) atoms. The molecule has 0 radical (unpaired) electrons. The predicted molar refractivity (Wildman–Crippen MR) is 92.0 cm³/mol. The smallest absolute Gasteiger partial charge is 0.414 e. The van der Waals surface area contributed by atoms with E-state index in [1.165, 1.54) is 0 Å². The van der Waals surface area contributed by atoms with Gasteiger partial charge in [-0.1, -0.05) is 44.2 Å². The number of rotatable bonds is 7. The van der Waals surface area contributed by atoms with Crippen molar-refractivity contribution in [3.8, 4) is 0 Å². The van der Waals surface area contributed by atoms with Crippen molar-refractivity contribution < 1.29 is 24.2 Å². The zero-order chi connectivity index (χ0) is 18.4. The molecular weight excluding hydrogens is 322 g/mol. The molecule has 2 amide bonds. The van der Waals surface area contributed by atoms with Crippen LogP contribution in [-0.2, 0) is 20.9 Å². The zero-order valence-electron chi connectivity index (χ0n) is 14.7. The van der Waals surface area contributed by atoms with Gasteiger partial charge >= 0.3 is 6.09 Å². The number of imide groups is 1. The van der Waals surface area contributed by atoms with Gasteiger partial charge in [0.15, 0.2) is 0 Å². The molecular formula is C19H25NO5. The Hall–Kier alpha value is -2.21. The van der Waals surface area contributed by atoms with Crippen molar-refractivity contribution in [2.75, 3.05) is 13.2 Å². The van der Waals surface area contributed by atoms with E-state index in [2.05, 4.69) is 0 Å². The third-order valence-electron chi connectivity index (χ3n) is 4.78. The number of carboxylic acid groups (broad SMARTS) is 1. The van der Waals surface area contributed by atoms with Crippen LogP contribution in [0.2, 0.25) is 0 Å². The van der Waals surface area contributed by atoms with E-state index in [1.807, 2.05) is 44.2 Å². The number of amides is 2. The summed E-state index contributed by atoms with van der Waals surface area (Å²) in [6.07, 6.45) is -0.125. The summed E-state index contributed by atoms with van der Waals surface area (Å²) in [6, 6.07) is 9.89. The molecule has 0 aliphatic carbocycles. The minimum Gasteiger partial charge on any atom is -0.465 e. The molecule has 2 rings (SSSR count). The SMILES string of the molecule is CC(C)(CCCOCc1ccccc1)C1CN(C(=O)O)C(=O)CC1=O. The lowest BCUT2D eigenvalue weighted by Gasteiger charge is -2.38. The van der Waals surface area contributed by atoms with E-state index in [9.17, 15) is 14.4 Å². The lowest BCUT2D eigenvalue weighted by Crippen LogP contribution is -2.51. The van der Waals surface area contributed by atoms with Gasteiger partial charge in [0, 0.05) is 19.1 Å². The van der Waals surface area contributed by atoms with Gasteiger partial charge in [-0.2, -0.15) is 0 Å². The van der Waals surface area contributed by atoms with E-state index in [0.29, 0.717) is 13.2 Å². The van der Waals surface area contributed by atoms with Crippen LogP contribution >= 0.6 is 0 Å². The van der Waals surface area contributed by atoms with Crippen molar-refractivity contribution in [1.29, 1.82) is 0 Å². The molecule has 1 unspecified atom stereocenters. The summed E-state index contributed by atoms with van der Waals surface area (Å²) >= 11 is 0. The normalized spacial score (nSPS) is 18.5. The molecule has 0 aromatic heterocycles. The molecule has 0 bridgehead atoms. The summed E-state index contributed by atoms with van der Waals surface area (Å²) in [4.78, 5) is 35.8. The van der Waals surface area contributed by atoms with Gasteiger partial charge in [-0.3, -0.25) is 9.59 Å². The Morgan fingerprint density at radius 3 is 2.60 bits per heavy atom. The molecule has 1 aromatic rings. The molecule has 0 spiro atoms. The second kappa shape index (κ2) is 8.25. The van der Waals surface area contributed by atoms with Crippen LogP contribution in [0.3, 0.4) is 0 Å². The van der Waals surface area contributed by atoms with Crippen molar-refractivity contribution >= 4 is 17.8 Å². The van der Waals surface area contributed by atoms with E-state index < -0.39 is 17.9 Å². The molecule has 1 N–H and O–H groups in total. The summed E-state index contributed by atoms with van der Waals surface area (Å²) in [5.74, 6) is -1.26. The topological polar surface area (TPSA) is 83.9 Å². The number of benzene rings is 1. The molecule has 1 aliphatic heterocycles. The fourth-order valence-electron chi connectivity index (χ4n) is 3.19. The highest BCUT2D eigenvalue weighted by atomic mass is 16.5. The average Bonchev–Trinajstić information content (AvgIpc) is 2.54. The van der Waals surface area contributed by atoms with Crippen molar-refractivity contribution in [1.82, 2.24) is 4.90 Å². The Morgan fingerprint density at radius 2 is 1.96 bits per heavy atom. The fraction of sp³-hybridized carbons (Fsp3) is 0.526. The quantitative estimate of drug-likeness (QED) is 0.605. The Balaban J connectivity index is 1.82. The monoisotopic (exact) mass is 347 g/mol. The summed E-state index contributed by atoms with van der Waals surface area (Å²) in [7, 11) is 0. The second-order valence-corrected chi connectivity index (χ2v) is 7.11. The van der Waals surface area contributed by atoms with Crippen LogP contribution < -0.4 is 0 Å². The standard InChI is InChI=1S/C19H25NO5/c1-19(2,9-6-10-25-13-14-7-4-3-5-8-14)15-12-20(18(23)24)17(22)11-16(15)21/h3-5,7-8,15H,6,9-13H2,1-2H3,(H,23,24). The Bertz CT molecular complexity index is 626. The van der Waals surface area contributed by atoms with Crippen LogP contribution in [0.15, 0.2) is 30.3 Å². The van der Waals surface area contributed by atoms with Crippen LogP contribution in [0.4, 0.5) is 4.79 Å². The first kappa shape index (κ1) is 19.1. The number of Topliss-reactive ketones (excluding diaryl/α,β-unsaturated/α-hetero) is 1. The van der Waals surface area contributed by atoms with Crippen LogP contribution in [0.5, 0.6) is 0 Å². The van der Waals surface area contributed by atoms with Crippen molar-refractivity contribution in [2.45, 2.75) is 39.7 Å². The number of ether oxygens (including phenoxy) is 1. The first-order chi connectivity index (χ1) is 11.8. The number of likely N-dealkylation sites (tertiary alicyclic amines) is 1. The molecule has 1 aromatic carbocycles. The van der Waals surface area contributed by atoms with Crippen molar-refractivity contribution in [3.05, 3.63) is 35.9 Å². The van der Waals surface area contributed by atoms with E-state index in [0.717, 1.165) is 23.3 Å². The molecule has 6 nitrogen and oxygen atoms in total. The fourth-order valence-corrected chi connectivity index (χ4v) is 3.19. The molecule has 1 aliphatic rings. The zero-order valence-corrected chi connectivity index (χ0v) is 14.7. The first-order valence-electron chi connectivity index (χ1n) is 8.49. The number of carbonyl (C=O) groups is 3. The number of piperidine rings is 1. The van der Waals surface area contributed by atoms with Crippen LogP contribution in [0, 0.1) is 11.3 Å². The number of hydrogen-bond acceptors (Lipinski definition) is 4. The molecule has 136 valence electrons. The summed E-state index contributed by atoms with van der Waals surface area (Å²) in [5, 5.41) is 9.11. The van der Waals surface area contributed by atoms with Crippen LogP contribution in [0.1, 0.15) is 38.7 Å². The van der Waals surface area contributed by atoms with E-state index in [1.54, 1.807) is 0 Å². The van der Waals surface area contributed by atoms with Gasteiger partial charge in [0.2, 0.25) is 5.91 Å². The maximum Gasteiger partial charge on any atom is 0.414 e. The summed E-state index contributed by atoms with van der Waals surface area (Å²) in [5.41, 5.74) is 0.724. The number of carbonyl (C=O) groups excluding carboxylic acids is 2. The number of ketones is 1. The highest BCUT2D eigenvalue weighted by molar-refractivity contribution is 6.06. The minimum atomic E-state index is -1.29. The largest absolute Gasteiger partial charge is 0.465 e. The number of hydrogen-bond donors (Lipinski definition) is 1. The predicted octanol–water partition coefficient (Wildman–Crippen LogP) is 3.11. The summed E-state index contributed by atoms with van der Waals surface area (Å²) in [6.45, 7) is 4.96. The van der Waals surface area contributed by atoms with E-state index in [4.69, 9.17) is 9.84 Å². The van der Waals surface area contributed by atoms with Gasteiger partial charge in [-0.15, -0.1) is 0 Å². The van der Waals surface area contributed by atoms with Gasteiger partial charge < -0.3 is 9.84 Å². The van der Waals surface area contributed by atoms with Crippen molar-refractivity contribution in [3.63, 3.8) is 0 Å². The van der Waals surface area contributed by atoms with Crippen LogP contribution in [0.25, 0.3) is 0 Å². The maximum atomic E-state index is 12.2. The molecule has 1 saturated heterocycles. The average molecular weight is 347 g/mol. The Labute approximate surface area is 147 Å². The molecule has 6 heteroatoms. The molecule has 1 fully saturated rings. The molecule has 1 atom stereocenters. The van der Waals surface area contributed by atoms with E-state index >= 15 is 0 Å². The number of nitrogens with zero attached hydrogens (tertiary/aromatic N) is 1. The third kappa shape index (κ3) is 5.13. The van der Waals surface area contributed by atoms with Gasteiger partial charge in [-0.05, 0) is 23.8 Å². The summed E-state index contributed by atoms with van der Waals surface area (Å²) < 4.78 is 5.66. The Kier molecular flexibility index (Phi) is 6.31. The highest BCUT2D eigenvalue weighted by Crippen LogP contribution is 2.36. The molecule has 0 saturated carbocycles. The van der Waals surface area contributed by atoms with Crippen LogP contribution in [-0.4, -0.2) is 40.9 Å².